The standard InChI is InChI=1S/C43H47F2N11O6S/c1-3-53(2)63(61,62)52-34-9-8-33(44)38(39(34)45)40(59)32-24-47-41-31(32)20-28(21-46-41)29-22-48-43(49-23-29)56-18-16-55(17-19-56)37(58)25-54-14-12-27(13-15-54)26-4-6-30(7-5-26)50-35-10-11-36(57)51-42(35)60/h4-9,20-24,27,35,50,52H,3,10-19,25H2,1-2H3,(H,46,47)(H,51,57,60)/t35-/m1/s1. The first-order chi connectivity index (χ1) is 30.3. The summed E-state index contributed by atoms with van der Waals surface area (Å²) in [5, 5.41) is 5.88. The maximum Gasteiger partial charge on any atom is 0.301 e. The zero-order chi connectivity index (χ0) is 44.4. The molecule has 5 aromatic rings. The Hall–Kier alpha value is -6.38. The summed E-state index contributed by atoms with van der Waals surface area (Å²) in [4.78, 5) is 73.0. The van der Waals surface area contributed by atoms with Crippen LogP contribution in [0.1, 0.15) is 60.0 Å². The fourth-order valence-corrected chi connectivity index (χ4v) is 9.03. The lowest BCUT2D eigenvalue weighted by atomic mass is 9.89. The van der Waals surface area contributed by atoms with Crippen molar-refractivity contribution < 1.29 is 36.4 Å². The smallest absolute Gasteiger partial charge is 0.301 e. The van der Waals surface area contributed by atoms with Crippen LogP contribution in [0.25, 0.3) is 22.2 Å². The van der Waals surface area contributed by atoms with Crippen molar-refractivity contribution in [3.8, 4) is 11.1 Å². The van der Waals surface area contributed by atoms with Crippen molar-refractivity contribution in [2.75, 3.05) is 74.3 Å². The number of likely N-dealkylation sites (tertiary alicyclic amines) is 1. The number of benzene rings is 2. The summed E-state index contributed by atoms with van der Waals surface area (Å²) in [6.45, 7) is 5.81. The summed E-state index contributed by atoms with van der Waals surface area (Å²) in [5.41, 5.74) is 1.93. The molecule has 6 heterocycles. The number of halogens is 2. The molecule has 3 aromatic heterocycles. The molecule has 1 atom stereocenters. The molecule has 0 radical (unpaired) electrons. The number of piperazine rings is 1. The Kier molecular flexibility index (Phi) is 12.5. The molecule has 3 amide bonds. The highest BCUT2D eigenvalue weighted by atomic mass is 32.2. The molecule has 0 spiro atoms. The zero-order valence-electron chi connectivity index (χ0n) is 34.7. The number of hydrogen-bond donors (Lipinski definition) is 4. The number of ketones is 1. The van der Waals surface area contributed by atoms with Crippen LogP contribution in [-0.2, 0) is 24.6 Å². The summed E-state index contributed by atoms with van der Waals surface area (Å²) in [6.07, 6.45) is 8.75. The highest BCUT2D eigenvalue weighted by Gasteiger charge is 2.30. The van der Waals surface area contributed by atoms with E-state index in [4.69, 9.17) is 0 Å². The van der Waals surface area contributed by atoms with Crippen LogP contribution in [0.4, 0.5) is 26.1 Å². The van der Waals surface area contributed by atoms with Crippen molar-refractivity contribution in [2.45, 2.75) is 44.6 Å². The monoisotopic (exact) mass is 883 g/mol. The van der Waals surface area contributed by atoms with Crippen LogP contribution in [0.3, 0.4) is 0 Å². The molecular formula is C43H47F2N11O6S. The first-order valence-electron chi connectivity index (χ1n) is 20.8. The van der Waals surface area contributed by atoms with E-state index in [0.29, 0.717) is 74.2 Å². The molecule has 17 nitrogen and oxygen atoms in total. The van der Waals surface area contributed by atoms with Crippen molar-refractivity contribution in [1.82, 2.24) is 39.4 Å². The number of aromatic amines is 1. The largest absolute Gasteiger partial charge is 0.374 e. The lowest BCUT2D eigenvalue weighted by Gasteiger charge is -2.37. The number of fused-ring (bicyclic) bond motifs is 1. The maximum atomic E-state index is 15.6. The average molecular weight is 884 g/mol. The molecule has 8 rings (SSSR count). The third-order valence-electron chi connectivity index (χ3n) is 12.0. The van der Waals surface area contributed by atoms with Crippen molar-refractivity contribution >= 4 is 62.1 Å². The number of nitrogens with one attached hydrogen (secondary N) is 4. The number of rotatable bonds is 13. The van der Waals surface area contributed by atoms with E-state index in [2.05, 4.69) is 52.3 Å². The van der Waals surface area contributed by atoms with Crippen molar-refractivity contribution in [3.63, 3.8) is 0 Å². The van der Waals surface area contributed by atoms with E-state index in [9.17, 15) is 27.6 Å². The second-order valence-corrected chi connectivity index (χ2v) is 17.7. The van der Waals surface area contributed by atoms with Gasteiger partial charge < -0.3 is 20.1 Å². The van der Waals surface area contributed by atoms with Gasteiger partial charge in [-0.2, -0.15) is 12.7 Å². The summed E-state index contributed by atoms with van der Waals surface area (Å²) in [5.74, 6) is -3.09. The minimum Gasteiger partial charge on any atom is -0.374 e. The number of carbonyl (C=O) groups excluding carboxylic acids is 4. The van der Waals surface area contributed by atoms with Gasteiger partial charge in [0, 0.05) is 98.7 Å². The van der Waals surface area contributed by atoms with Crippen molar-refractivity contribution in [1.29, 1.82) is 0 Å². The predicted molar refractivity (Wildman–Crippen MR) is 231 cm³/mol. The summed E-state index contributed by atoms with van der Waals surface area (Å²) in [7, 11) is -2.86. The number of piperidine rings is 2. The molecule has 4 N–H and O–H groups in total. The van der Waals surface area contributed by atoms with E-state index in [0.717, 1.165) is 48.1 Å². The molecule has 20 heteroatoms. The second-order valence-electron chi connectivity index (χ2n) is 15.9. The van der Waals surface area contributed by atoms with E-state index < -0.39 is 44.9 Å². The van der Waals surface area contributed by atoms with E-state index >= 15 is 8.78 Å². The minimum atomic E-state index is -4.15. The normalized spacial score (nSPS) is 17.9. The minimum absolute atomic E-state index is 0.0671. The Balaban J connectivity index is 0.834. The molecule has 3 aliphatic heterocycles. The number of hydrogen-bond acceptors (Lipinski definition) is 12. The van der Waals surface area contributed by atoms with Gasteiger partial charge in [0.1, 0.15) is 17.5 Å². The quantitative estimate of drug-likeness (QED) is 0.0983. The van der Waals surface area contributed by atoms with Gasteiger partial charge in [0.15, 0.2) is 5.82 Å². The highest BCUT2D eigenvalue weighted by molar-refractivity contribution is 7.90. The lowest BCUT2D eigenvalue weighted by molar-refractivity contribution is -0.134. The summed E-state index contributed by atoms with van der Waals surface area (Å²) < 4.78 is 58.7. The molecule has 63 heavy (non-hydrogen) atoms. The molecule has 0 unspecified atom stereocenters. The van der Waals surface area contributed by atoms with Gasteiger partial charge in [-0.1, -0.05) is 19.1 Å². The SMILES string of the molecule is CCN(C)S(=O)(=O)Nc1ccc(F)c(C(=O)c2c[nH]c3ncc(-c4cnc(N5CCN(C(=O)CN6CCC(c7ccc(N[C@@H]8CCC(=O)NC8=O)cc7)CC6)CC5)nc4)cc23)c1F. The Labute approximate surface area is 362 Å². The van der Waals surface area contributed by atoms with E-state index in [1.807, 2.05) is 21.9 Å². The molecule has 330 valence electrons. The molecule has 0 bridgehead atoms. The number of amides is 3. The number of nitrogens with zero attached hydrogens (tertiary/aromatic N) is 7. The van der Waals surface area contributed by atoms with E-state index in [-0.39, 0.29) is 35.2 Å². The van der Waals surface area contributed by atoms with Crippen LogP contribution in [0.2, 0.25) is 0 Å². The first-order valence-corrected chi connectivity index (χ1v) is 22.2. The van der Waals surface area contributed by atoms with Gasteiger partial charge in [-0.3, -0.25) is 34.1 Å². The van der Waals surface area contributed by atoms with Crippen LogP contribution < -0.4 is 20.3 Å². The molecular weight excluding hydrogens is 837 g/mol. The Bertz CT molecular complexity index is 2650. The van der Waals surface area contributed by atoms with Gasteiger partial charge in [0.05, 0.1) is 17.8 Å². The lowest BCUT2D eigenvalue weighted by Crippen LogP contribution is -2.52. The molecule has 0 saturated carbocycles. The van der Waals surface area contributed by atoms with Crippen molar-refractivity contribution in [3.05, 3.63) is 95.6 Å². The number of anilines is 3. The fourth-order valence-electron chi connectivity index (χ4n) is 8.10. The van der Waals surface area contributed by atoms with Crippen LogP contribution in [0.5, 0.6) is 0 Å². The van der Waals surface area contributed by atoms with Gasteiger partial charge in [-0.25, -0.2) is 23.7 Å². The van der Waals surface area contributed by atoms with Crippen LogP contribution >= 0.6 is 0 Å². The van der Waals surface area contributed by atoms with Gasteiger partial charge in [-0.15, -0.1) is 0 Å². The third kappa shape index (κ3) is 9.37. The van der Waals surface area contributed by atoms with Crippen LogP contribution in [-0.4, -0.2) is 131 Å². The second kappa shape index (κ2) is 18.1. The molecule has 2 aromatic carbocycles. The molecule has 0 aliphatic carbocycles. The molecule has 3 aliphatic rings. The van der Waals surface area contributed by atoms with Gasteiger partial charge in [0.25, 0.3) is 0 Å². The van der Waals surface area contributed by atoms with E-state index in [1.54, 1.807) is 31.6 Å². The third-order valence-corrected chi connectivity index (χ3v) is 13.5. The fraction of sp³-hybridized carbons (Fsp3) is 0.372. The number of carbonyl (C=O) groups is 4. The van der Waals surface area contributed by atoms with Crippen LogP contribution in [0.15, 0.2) is 67.3 Å². The topological polar surface area (TPSA) is 206 Å². The average Bonchev–Trinajstić information content (AvgIpc) is 3.72. The van der Waals surface area contributed by atoms with Gasteiger partial charge >= 0.3 is 10.2 Å². The Morgan fingerprint density at radius 3 is 2.29 bits per heavy atom. The van der Waals surface area contributed by atoms with Gasteiger partial charge in [0.2, 0.25) is 29.5 Å². The highest BCUT2D eigenvalue weighted by Crippen LogP contribution is 2.31. The summed E-state index contributed by atoms with van der Waals surface area (Å²) >= 11 is 0. The number of imide groups is 1. The molecule has 3 fully saturated rings. The number of H-pyrrole nitrogens is 1. The number of pyridine rings is 1. The zero-order valence-corrected chi connectivity index (χ0v) is 35.6. The Morgan fingerprint density at radius 1 is 0.905 bits per heavy atom. The number of aromatic nitrogens is 4. The van der Waals surface area contributed by atoms with Crippen molar-refractivity contribution in [2.24, 2.45) is 0 Å². The predicted octanol–water partition coefficient (Wildman–Crippen LogP) is 3.88. The maximum absolute atomic E-state index is 15.6. The van der Waals surface area contributed by atoms with Crippen LogP contribution in [0, 0.1) is 11.6 Å². The van der Waals surface area contributed by atoms with E-state index in [1.165, 1.54) is 18.8 Å². The summed E-state index contributed by atoms with van der Waals surface area (Å²) in [6, 6.07) is 11.1. The van der Waals surface area contributed by atoms with Gasteiger partial charge in [-0.05, 0) is 74.2 Å². The Morgan fingerprint density at radius 2 is 1.60 bits per heavy atom. The molecule has 3 saturated heterocycles. The first kappa shape index (κ1) is 43.3.